The van der Waals surface area contributed by atoms with Gasteiger partial charge in [-0.25, -0.2) is 5.10 Å². The van der Waals surface area contributed by atoms with Crippen LogP contribution in [0.5, 0.6) is 0 Å². The summed E-state index contributed by atoms with van der Waals surface area (Å²) in [7, 11) is 0. The molecule has 9 nitrogen and oxygen atoms in total. The van der Waals surface area contributed by atoms with E-state index in [-0.39, 0.29) is 17.8 Å². The van der Waals surface area contributed by atoms with Crippen LogP contribution in [-0.4, -0.2) is 36.3 Å². The number of para-hydroxylation sites is 1. The standard InChI is InChI=1S/C17H13N7O2/c25-16-13-9-5-4-8-12(13)15(20-21-16)17(26)18-10-14-19-22-23-24(14)11-6-2-1-3-7-11/h1-9H,10H2,(H,18,26)(H,21,25). The van der Waals surface area contributed by atoms with Crippen LogP contribution in [-0.2, 0) is 6.54 Å². The van der Waals surface area contributed by atoms with Gasteiger partial charge in [-0.3, -0.25) is 9.59 Å². The van der Waals surface area contributed by atoms with Crippen LogP contribution in [0.2, 0.25) is 0 Å². The van der Waals surface area contributed by atoms with Crippen molar-refractivity contribution in [3.8, 4) is 5.69 Å². The molecule has 0 radical (unpaired) electrons. The molecule has 0 saturated carbocycles. The maximum absolute atomic E-state index is 12.5. The molecule has 0 atom stereocenters. The van der Waals surface area contributed by atoms with E-state index >= 15 is 0 Å². The third-order valence-electron chi connectivity index (χ3n) is 3.85. The maximum atomic E-state index is 12.5. The fourth-order valence-corrected chi connectivity index (χ4v) is 2.62. The molecule has 26 heavy (non-hydrogen) atoms. The lowest BCUT2D eigenvalue weighted by Gasteiger charge is -2.07. The molecule has 4 aromatic rings. The number of hydrogen-bond donors (Lipinski definition) is 2. The number of carbonyl (C=O) groups is 1. The molecule has 2 aromatic heterocycles. The molecule has 1 amide bonds. The monoisotopic (exact) mass is 347 g/mol. The molecule has 0 saturated heterocycles. The van der Waals surface area contributed by atoms with E-state index in [2.05, 4.69) is 31.0 Å². The van der Waals surface area contributed by atoms with E-state index in [9.17, 15) is 9.59 Å². The Bertz CT molecular complexity index is 1130. The Hall–Kier alpha value is -3.88. The van der Waals surface area contributed by atoms with Crippen LogP contribution in [0.15, 0.2) is 59.4 Å². The fourth-order valence-electron chi connectivity index (χ4n) is 2.62. The van der Waals surface area contributed by atoms with Crippen LogP contribution in [0.4, 0.5) is 0 Å². The second-order valence-electron chi connectivity index (χ2n) is 5.47. The van der Waals surface area contributed by atoms with Crippen LogP contribution in [0, 0.1) is 0 Å². The average Bonchev–Trinajstić information content (AvgIpc) is 3.16. The van der Waals surface area contributed by atoms with E-state index in [1.807, 2.05) is 30.3 Å². The van der Waals surface area contributed by atoms with Gasteiger partial charge in [-0.05, 0) is 28.6 Å². The number of aromatic nitrogens is 6. The zero-order valence-electron chi connectivity index (χ0n) is 13.5. The van der Waals surface area contributed by atoms with Crippen molar-refractivity contribution in [3.05, 3.63) is 76.5 Å². The second-order valence-corrected chi connectivity index (χ2v) is 5.47. The summed E-state index contributed by atoms with van der Waals surface area (Å²) >= 11 is 0. The quantitative estimate of drug-likeness (QED) is 0.564. The highest BCUT2D eigenvalue weighted by molar-refractivity contribution is 6.04. The van der Waals surface area contributed by atoms with Gasteiger partial charge in [-0.2, -0.15) is 9.78 Å². The average molecular weight is 347 g/mol. The summed E-state index contributed by atoms with van der Waals surface area (Å²) in [5.74, 6) is 0.0401. The number of benzene rings is 2. The first-order valence-corrected chi connectivity index (χ1v) is 7.82. The largest absolute Gasteiger partial charge is 0.343 e. The summed E-state index contributed by atoms with van der Waals surface area (Å²) in [6, 6.07) is 16.2. The van der Waals surface area contributed by atoms with Gasteiger partial charge in [0.2, 0.25) is 0 Å². The molecular weight excluding hydrogens is 334 g/mol. The molecule has 9 heteroatoms. The van der Waals surface area contributed by atoms with Gasteiger partial charge in [0, 0.05) is 5.39 Å². The first-order valence-electron chi connectivity index (χ1n) is 7.82. The van der Waals surface area contributed by atoms with Gasteiger partial charge in [0.1, 0.15) is 0 Å². The number of tetrazole rings is 1. The smallest absolute Gasteiger partial charge is 0.272 e. The van der Waals surface area contributed by atoms with E-state index in [0.717, 1.165) is 5.69 Å². The number of carbonyl (C=O) groups excluding carboxylic acids is 1. The van der Waals surface area contributed by atoms with Gasteiger partial charge in [-0.1, -0.05) is 36.4 Å². The lowest BCUT2D eigenvalue weighted by atomic mass is 10.1. The predicted molar refractivity (Wildman–Crippen MR) is 92.7 cm³/mol. The highest BCUT2D eigenvalue weighted by atomic mass is 16.2. The Kier molecular flexibility index (Phi) is 3.94. The van der Waals surface area contributed by atoms with Crippen molar-refractivity contribution in [2.75, 3.05) is 0 Å². The van der Waals surface area contributed by atoms with E-state index < -0.39 is 5.91 Å². The van der Waals surface area contributed by atoms with Crippen molar-refractivity contribution >= 4 is 16.7 Å². The lowest BCUT2D eigenvalue weighted by molar-refractivity contribution is 0.0945. The number of H-pyrrole nitrogens is 1. The zero-order valence-corrected chi connectivity index (χ0v) is 13.5. The van der Waals surface area contributed by atoms with Crippen molar-refractivity contribution in [1.29, 1.82) is 0 Å². The summed E-state index contributed by atoms with van der Waals surface area (Å²) in [6.45, 7) is 0.107. The molecule has 2 heterocycles. The third kappa shape index (κ3) is 2.81. The van der Waals surface area contributed by atoms with Crippen molar-refractivity contribution in [3.63, 3.8) is 0 Å². The maximum Gasteiger partial charge on any atom is 0.272 e. The molecule has 0 spiro atoms. The molecule has 0 aliphatic carbocycles. The molecule has 0 aliphatic rings. The Morgan fingerprint density at radius 1 is 1.04 bits per heavy atom. The SMILES string of the molecule is O=C(NCc1nnnn1-c1ccccc1)c1n[nH]c(=O)c2ccccc12. The van der Waals surface area contributed by atoms with Crippen molar-refractivity contribution in [2.24, 2.45) is 0 Å². The number of nitrogens with zero attached hydrogens (tertiary/aromatic N) is 5. The number of nitrogens with one attached hydrogen (secondary N) is 2. The number of aromatic amines is 1. The normalized spacial score (nSPS) is 10.8. The summed E-state index contributed by atoms with van der Waals surface area (Å²) in [5.41, 5.74) is 0.582. The topological polar surface area (TPSA) is 118 Å². The predicted octanol–water partition coefficient (Wildman–Crippen LogP) is 0.829. The zero-order chi connectivity index (χ0) is 17.9. The van der Waals surface area contributed by atoms with Crippen LogP contribution in [0.25, 0.3) is 16.5 Å². The van der Waals surface area contributed by atoms with Crippen molar-refractivity contribution in [2.45, 2.75) is 6.54 Å². The van der Waals surface area contributed by atoms with Crippen LogP contribution < -0.4 is 10.9 Å². The third-order valence-corrected chi connectivity index (χ3v) is 3.85. The molecule has 2 N–H and O–H groups in total. The van der Waals surface area contributed by atoms with Gasteiger partial charge in [0.25, 0.3) is 11.5 Å². The minimum Gasteiger partial charge on any atom is -0.343 e. The van der Waals surface area contributed by atoms with E-state index in [1.165, 1.54) is 0 Å². The Morgan fingerprint density at radius 2 is 1.77 bits per heavy atom. The number of amides is 1. The highest BCUT2D eigenvalue weighted by Gasteiger charge is 2.15. The molecule has 0 fully saturated rings. The van der Waals surface area contributed by atoms with Crippen LogP contribution in [0.3, 0.4) is 0 Å². The first kappa shape index (κ1) is 15.6. The Morgan fingerprint density at radius 3 is 2.58 bits per heavy atom. The summed E-state index contributed by atoms with van der Waals surface area (Å²) in [6.07, 6.45) is 0. The summed E-state index contributed by atoms with van der Waals surface area (Å²) in [4.78, 5) is 24.4. The second kappa shape index (κ2) is 6.55. The summed E-state index contributed by atoms with van der Waals surface area (Å²) < 4.78 is 1.54. The molecule has 128 valence electrons. The van der Waals surface area contributed by atoms with Gasteiger partial charge < -0.3 is 5.32 Å². The first-order chi connectivity index (χ1) is 12.7. The van der Waals surface area contributed by atoms with Crippen LogP contribution >= 0.6 is 0 Å². The van der Waals surface area contributed by atoms with E-state index in [1.54, 1.807) is 28.9 Å². The molecule has 0 bridgehead atoms. The molecule has 4 rings (SSSR count). The minimum absolute atomic E-state index is 0.107. The van der Waals surface area contributed by atoms with E-state index in [4.69, 9.17) is 0 Å². The molecule has 0 unspecified atom stereocenters. The van der Waals surface area contributed by atoms with Crippen molar-refractivity contribution in [1.82, 2.24) is 35.7 Å². The Labute approximate surface area is 146 Å². The molecular formula is C17H13N7O2. The van der Waals surface area contributed by atoms with Gasteiger partial charge in [0.05, 0.1) is 17.6 Å². The number of rotatable bonds is 4. The van der Waals surface area contributed by atoms with Gasteiger partial charge in [-0.15, -0.1) is 5.10 Å². The fraction of sp³-hybridized carbons (Fsp3) is 0.0588. The van der Waals surface area contributed by atoms with Gasteiger partial charge in [0.15, 0.2) is 11.5 Å². The number of fused-ring (bicyclic) bond motifs is 1. The molecule has 2 aromatic carbocycles. The minimum atomic E-state index is -0.430. The van der Waals surface area contributed by atoms with Crippen LogP contribution in [0.1, 0.15) is 16.3 Å². The van der Waals surface area contributed by atoms with E-state index in [0.29, 0.717) is 16.6 Å². The number of hydrogen-bond acceptors (Lipinski definition) is 6. The van der Waals surface area contributed by atoms with Gasteiger partial charge >= 0.3 is 0 Å². The molecule has 0 aliphatic heterocycles. The Balaban J connectivity index is 1.59. The lowest BCUT2D eigenvalue weighted by Crippen LogP contribution is -2.27. The van der Waals surface area contributed by atoms with Crippen molar-refractivity contribution < 1.29 is 4.79 Å². The highest BCUT2D eigenvalue weighted by Crippen LogP contribution is 2.12. The summed E-state index contributed by atoms with van der Waals surface area (Å²) in [5, 5.41) is 21.4.